The predicted octanol–water partition coefficient (Wildman–Crippen LogP) is 3.01. The molecule has 1 aliphatic heterocycles. The maximum atomic E-state index is 13.5. The van der Waals surface area contributed by atoms with Crippen LogP contribution in [0, 0.1) is 12.7 Å². The van der Waals surface area contributed by atoms with Crippen molar-refractivity contribution in [3.8, 4) is 0 Å². The van der Waals surface area contributed by atoms with Crippen molar-refractivity contribution >= 4 is 5.69 Å². The molecule has 0 radical (unpaired) electrons. The summed E-state index contributed by atoms with van der Waals surface area (Å²) in [6, 6.07) is 3.71. The lowest BCUT2D eigenvalue weighted by Gasteiger charge is -2.21. The summed E-state index contributed by atoms with van der Waals surface area (Å²) >= 11 is 0. The second kappa shape index (κ2) is 2.87. The van der Waals surface area contributed by atoms with Crippen molar-refractivity contribution < 1.29 is 4.39 Å². The molecule has 1 aromatic carbocycles. The zero-order valence-corrected chi connectivity index (χ0v) is 7.65. The Hall–Kier alpha value is -1.31. The Balaban J connectivity index is 2.53. The van der Waals surface area contributed by atoms with Crippen molar-refractivity contribution in [1.29, 1.82) is 0 Å². The smallest absolute Gasteiger partial charge is 0.131 e. The highest BCUT2D eigenvalue weighted by atomic mass is 19.1. The van der Waals surface area contributed by atoms with E-state index in [9.17, 15) is 4.39 Å². The largest absolute Gasteiger partial charge is 0.359 e. The van der Waals surface area contributed by atoms with E-state index in [2.05, 4.69) is 11.9 Å². The van der Waals surface area contributed by atoms with Crippen LogP contribution in [0.5, 0.6) is 0 Å². The average Bonchev–Trinajstić information content (AvgIpc) is 2.12. The van der Waals surface area contributed by atoms with Crippen LogP contribution in [-0.2, 0) is 6.42 Å². The third-order valence-corrected chi connectivity index (χ3v) is 2.42. The van der Waals surface area contributed by atoms with E-state index in [1.807, 2.05) is 6.07 Å². The van der Waals surface area contributed by atoms with Crippen LogP contribution in [-0.4, -0.2) is 0 Å². The van der Waals surface area contributed by atoms with E-state index < -0.39 is 0 Å². The first-order valence-corrected chi connectivity index (χ1v) is 4.41. The highest BCUT2D eigenvalue weighted by molar-refractivity contribution is 5.59. The van der Waals surface area contributed by atoms with E-state index in [0.717, 1.165) is 29.8 Å². The van der Waals surface area contributed by atoms with E-state index in [0.29, 0.717) is 5.56 Å². The lowest BCUT2D eigenvalue weighted by atomic mass is 9.99. The first kappa shape index (κ1) is 8.30. The molecule has 1 aliphatic rings. The molecule has 0 amide bonds. The Morgan fingerprint density at radius 1 is 1.38 bits per heavy atom. The van der Waals surface area contributed by atoms with Gasteiger partial charge in [0, 0.05) is 16.9 Å². The van der Waals surface area contributed by atoms with Gasteiger partial charge in [-0.25, -0.2) is 4.39 Å². The quantitative estimate of drug-likeness (QED) is 0.642. The topological polar surface area (TPSA) is 12.0 Å². The van der Waals surface area contributed by atoms with Crippen molar-refractivity contribution in [3.63, 3.8) is 0 Å². The highest BCUT2D eigenvalue weighted by Gasteiger charge is 2.15. The van der Waals surface area contributed by atoms with Crippen molar-refractivity contribution in [3.05, 3.63) is 41.4 Å². The van der Waals surface area contributed by atoms with Crippen LogP contribution in [0.1, 0.15) is 17.5 Å². The molecule has 0 fully saturated rings. The minimum Gasteiger partial charge on any atom is -0.359 e. The minimum atomic E-state index is -0.0718. The van der Waals surface area contributed by atoms with Gasteiger partial charge in [0.05, 0.1) is 0 Å². The number of hydrogen-bond acceptors (Lipinski definition) is 1. The van der Waals surface area contributed by atoms with Crippen LogP contribution in [0.2, 0.25) is 0 Å². The maximum absolute atomic E-state index is 13.5. The van der Waals surface area contributed by atoms with Crippen LogP contribution in [0.25, 0.3) is 0 Å². The Bertz CT molecular complexity index is 369. The first-order valence-electron chi connectivity index (χ1n) is 4.41. The molecule has 0 bridgehead atoms. The summed E-state index contributed by atoms with van der Waals surface area (Å²) in [4.78, 5) is 0. The summed E-state index contributed by atoms with van der Waals surface area (Å²) in [7, 11) is 0. The van der Waals surface area contributed by atoms with E-state index >= 15 is 0 Å². The fraction of sp³-hybridized carbons (Fsp3) is 0.273. The van der Waals surface area contributed by atoms with Gasteiger partial charge in [0.1, 0.15) is 5.82 Å². The van der Waals surface area contributed by atoms with Crippen LogP contribution < -0.4 is 5.32 Å². The van der Waals surface area contributed by atoms with Gasteiger partial charge in [0.25, 0.3) is 0 Å². The van der Waals surface area contributed by atoms with Gasteiger partial charge in [-0.05, 0) is 31.4 Å². The lowest BCUT2D eigenvalue weighted by Crippen LogP contribution is -2.11. The molecule has 0 atom stereocenters. The number of nitrogens with one attached hydrogen (secondary N) is 1. The molecule has 2 heteroatoms. The number of fused-ring (bicyclic) bond motifs is 1. The fourth-order valence-electron chi connectivity index (χ4n) is 1.63. The molecule has 2 rings (SSSR count). The summed E-state index contributed by atoms with van der Waals surface area (Å²) < 4.78 is 13.5. The highest BCUT2D eigenvalue weighted by Crippen LogP contribution is 2.29. The fourth-order valence-corrected chi connectivity index (χ4v) is 1.63. The molecule has 13 heavy (non-hydrogen) atoms. The second-order valence-corrected chi connectivity index (χ2v) is 3.45. The van der Waals surface area contributed by atoms with E-state index in [1.54, 1.807) is 13.0 Å². The van der Waals surface area contributed by atoms with Crippen molar-refractivity contribution in [2.45, 2.75) is 19.8 Å². The van der Waals surface area contributed by atoms with Gasteiger partial charge in [-0.2, -0.15) is 0 Å². The van der Waals surface area contributed by atoms with Gasteiger partial charge in [-0.3, -0.25) is 0 Å². The molecule has 0 aromatic heterocycles. The average molecular weight is 177 g/mol. The van der Waals surface area contributed by atoms with Crippen molar-refractivity contribution in [2.75, 3.05) is 5.32 Å². The SMILES string of the molecule is C=C1CCc2c(ccc(C)c2F)N1. The molecule has 1 aromatic rings. The minimum absolute atomic E-state index is 0.0718. The third kappa shape index (κ3) is 1.32. The molecular formula is C11H12FN. The number of rotatable bonds is 0. The Morgan fingerprint density at radius 3 is 2.92 bits per heavy atom. The number of allylic oxidation sites excluding steroid dienone is 1. The van der Waals surface area contributed by atoms with Gasteiger partial charge in [-0.15, -0.1) is 0 Å². The number of benzene rings is 1. The first-order chi connectivity index (χ1) is 6.18. The molecule has 0 saturated carbocycles. The molecule has 0 aliphatic carbocycles. The molecule has 1 nitrogen and oxygen atoms in total. The Kier molecular flexibility index (Phi) is 1.83. The summed E-state index contributed by atoms with van der Waals surface area (Å²) in [6.45, 7) is 5.62. The number of hydrogen-bond donors (Lipinski definition) is 1. The zero-order chi connectivity index (χ0) is 9.42. The molecule has 68 valence electrons. The number of aryl methyl sites for hydroxylation is 1. The summed E-state index contributed by atoms with van der Waals surface area (Å²) in [6.07, 6.45) is 1.59. The number of halogens is 1. The lowest BCUT2D eigenvalue weighted by molar-refractivity contribution is 0.598. The second-order valence-electron chi connectivity index (χ2n) is 3.45. The molecule has 0 saturated heterocycles. The van der Waals surface area contributed by atoms with Crippen LogP contribution in [0.3, 0.4) is 0 Å². The van der Waals surface area contributed by atoms with Gasteiger partial charge in [-0.1, -0.05) is 12.6 Å². The predicted molar refractivity (Wildman–Crippen MR) is 52.2 cm³/mol. The number of anilines is 1. The van der Waals surface area contributed by atoms with Crippen molar-refractivity contribution in [1.82, 2.24) is 0 Å². The molecule has 1 heterocycles. The summed E-state index contributed by atoms with van der Waals surface area (Å²) in [5.74, 6) is -0.0718. The summed E-state index contributed by atoms with van der Waals surface area (Å²) in [5, 5.41) is 3.09. The Labute approximate surface area is 77.3 Å². The van der Waals surface area contributed by atoms with Crippen LogP contribution in [0.15, 0.2) is 24.4 Å². The van der Waals surface area contributed by atoms with Crippen LogP contribution >= 0.6 is 0 Å². The maximum Gasteiger partial charge on any atom is 0.131 e. The third-order valence-electron chi connectivity index (χ3n) is 2.42. The van der Waals surface area contributed by atoms with Gasteiger partial charge in [0.2, 0.25) is 0 Å². The molecule has 0 spiro atoms. The van der Waals surface area contributed by atoms with Crippen molar-refractivity contribution in [2.24, 2.45) is 0 Å². The van der Waals surface area contributed by atoms with Gasteiger partial charge >= 0.3 is 0 Å². The molecule has 1 N–H and O–H groups in total. The van der Waals surface area contributed by atoms with E-state index in [-0.39, 0.29) is 5.82 Å². The van der Waals surface area contributed by atoms with Gasteiger partial charge < -0.3 is 5.32 Å². The Morgan fingerprint density at radius 2 is 2.15 bits per heavy atom. The molecule has 0 unspecified atom stereocenters. The van der Waals surface area contributed by atoms with Gasteiger partial charge in [0.15, 0.2) is 0 Å². The summed E-state index contributed by atoms with van der Waals surface area (Å²) in [5.41, 5.74) is 3.36. The van der Waals surface area contributed by atoms with E-state index in [4.69, 9.17) is 0 Å². The monoisotopic (exact) mass is 177 g/mol. The van der Waals surface area contributed by atoms with Crippen LogP contribution in [0.4, 0.5) is 10.1 Å². The molecular weight excluding hydrogens is 165 g/mol. The van der Waals surface area contributed by atoms with E-state index in [1.165, 1.54) is 0 Å². The standard InChI is InChI=1S/C11H12FN/c1-7-3-6-10-9(11(7)12)5-4-8(2)13-10/h3,6,13H,2,4-5H2,1H3. The zero-order valence-electron chi connectivity index (χ0n) is 7.65. The normalized spacial score (nSPS) is 15.1.